The summed E-state index contributed by atoms with van der Waals surface area (Å²) in [5.41, 5.74) is 8.23. The van der Waals surface area contributed by atoms with E-state index in [1.807, 2.05) is 19.9 Å². The van der Waals surface area contributed by atoms with Crippen LogP contribution in [0.4, 0.5) is 5.95 Å². The highest BCUT2D eigenvalue weighted by molar-refractivity contribution is 5.82. The van der Waals surface area contributed by atoms with Crippen molar-refractivity contribution >= 4 is 12.2 Å². The average molecular weight is 254 g/mol. The van der Waals surface area contributed by atoms with Crippen LogP contribution in [0, 0.1) is 27.7 Å². The van der Waals surface area contributed by atoms with E-state index in [9.17, 15) is 0 Å². The van der Waals surface area contributed by atoms with Gasteiger partial charge in [-0.25, -0.2) is 15.4 Å². The van der Waals surface area contributed by atoms with Crippen LogP contribution in [0.1, 0.15) is 28.1 Å². The number of aromatic nitrogens is 2. The standard InChI is InChI=1S/C15H18N4/c1-10-5-6-11(2)14(7-10)9-16-19-15-17-12(3)8-13(4)18-15/h5-9H,1-4H3,(H,17,18,19)/b16-9+. The molecule has 0 fully saturated rings. The minimum absolute atomic E-state index is 0.527. The van der Waals surface area contributed by atoms with Crippen LogP contribution >= 0.6 is 0 Å². The Morgan fingerprint density at radius 2 is 1.68 bits per heavy atom. The Hall–Kier alpha value is -2.23. The summed E-state index contributed by atoms with van der Waals surface area (Å²) in [6, 6.07) is 8.21. The monoisotopic (exact) mass is 254 g/mol. The maximum Gasteiger partial charge on any atom is 0.243 e. The van der Waals surface area contributed by atoms with Gasteiger partial charge in [-0.15, -0.1) is 0 Å². The zero-order chi connectivity index (χ0) is 13.8. The Bertz CT molecular complexity index is 597. The third-order valence-corrected chi connectivity index (χ3v) is 2.79. The van der Waals surface area contributed by atoms with Crippen LogP contribution in [-0.2, 0) is 0 Å². The number of hydrazone groups is 1. The maximum absolute atomic E-state index is 4.27. The van der Waals surface area contributed by atoms with Crippen LogP contribution in [0.2, 0.25) is 0 Å². The summed E-state index contributed by atoms with van der Waals surface area (Å²) in [7, 11) is 0. The van der Waals surface area contributed by atoms with E-state index in [1.165, 1.54) is 11.1 Å². The second-order valence-corrected chi connectivity index (χ2v) is 4.70. The third kappa shape index (κ3) is 3.61. The minimum atomic E-state index is 0.527. The molecule has 1 aromatic carbocycles. The molecule has 2 rings (SSSR count). The quantitative estimate of drug-likeness (QED) is 0.676. The summed E-state index contributed by atoms with van der Waals surface area (Å²) in [6.45, 7) is 8.01. The molecule has 2 aromatic rings. The maximum atomic E-state index is 4.27. The van der Waals surface area contributed by atoms with E-state index in [0.717, 1.165) is 17.0 Å². The van der Waals surface area contributed by atoms with Gasteiger partial charge in [0, 0.05) is 11.4 Å². The van der Waals surface area contributed by atoms with Gasteiger partial charge in [-0.3, -0.25) is 0 Å². The number of hydrogen-bond donors (Lipinski definition) is 1. The van der Waals surface area contributed by atoms with E-state index in [2.05, 4.69) is 52.5 Å². The molecule has 0 aliphatic carbocycles. The van der Waals surface area contributed by atoms with Gasteiger partial charge in [0.2, 0.25) is 5.95 Å². The van der Waals surface area contributed by atoms with Gasteiger partial charge >= 0.3 is 0 Å². The molecule has 1 aromatic heterocycles. The number of anilines is 1. The Morgan fingerprint density at radius 3 is 2.37 bits per heavy atom. The molecule has 98 valence electrons. The highest BCUT2D eigenvalue weighted by atomic mass is 15.3. The predicted molar refractivity (Wildman–Crippen MR) is 78.6 cm³/mol. The van der Waals surface area contributed by atoms with Crippen LogP contribution < -0.4 is 5.43 Å². The lowest BCUT2D eigenvalue weighted by Gasteiger charge is -2.03. The van der Waals surface area contributed by atoms with Crippen molar-refractivity contribution in [2.75, 3.05) is 5.43 Å². The Balaban J connectivity index is 2.13. The zero-order valence-corrected chi connectivity index (χ0v) is 11.7. The highest BCUT2D eigenvalue weighted by Crippen LogP contribution is 2.08. The largest absolute Gasteiger partial charge is 0.245 e. The first-order valence-electron chi connectivity index (χ1n) is 6.23. The molecule has 0 aliphatic heterocycles. The van der Waals surface area contributed by atoms with Crippen LogP contribution in [0.25, 0.3) is 0 Å². The summed E-state index contributed by atoms with van der Waals surface area (Å²) < 4.78 is 0. The van der Waals surface area contributed by atoms with Gasteiger partial charge in [0.15, 0.2) is 0 Å². The summed E-state index contributed by atoms with van der Waals surface area (Å²) in [4.78, 5) is 8.54. The van der Waals surface area contributed by atoms with E-state index >= 15 is 0 Å². The molecule has 1 N–H and O–H groups in total. The van der Waals surface area contributed by atoms with Crippen molar-refractivity contribution in [2.45, 2.75) is 27.7 Å². The van der Waals surface area contributed by atoms with Gasteiger partial charge in [-0.1, -0.05) is 23.8 Å². The van der Waals surface area contributed by atoms with E-state index in [1.54, 1.807) is 6.21 Å². The molecule has 0 spiro atoms. The Labute approximate surface area is 113 Å². The SMILES string of the molecule is Cc1ccc(C)c(/C=N/Nc2nc(C)cc(C)n2)c1. The highest BCUT2D eigenvalue weighted by Gasteiger charge is 1.98. The van der Waals surface area contributed by atoms with E-state index in [-0.39, 0.29) is 0 Å². The van der Waals surface area contributed by atoms with Crippen molar-refractivity contribution in [3.8, 4) is 0 Å². The smallest absolute Gasteiger partial charge is 0.243 e. The Kier molecular flexibility index (Phi) is 3.90. The van der Waals surface area contributed by atoms with Crippen molar-refractivity contribution in [2.24, 2.45) is 5.10 Å². The van der Waals surface area contributed by atoms with Crippen LogP contribution in [0.5, 0.6) is 0 Å². The normalized spacial score (nSPS) is 10.9. The first-order chi connectivity index (χ1) is 9.04. The summed E-state index contributed by atoms with van der Waals surface area (Å²) in [5, 5.41) is 4.20. The summed E-state index contributed by atoms with van der Waals surface area (Å²) in [5.74, 6) is 0.527. The van der Waals surface area contributed by atoms with Crippen LogP contribution in [0.15, 0.2) is 29.4 Å². The van der Waals surface area contributed by atoms with E-state index < -0.39 is 0 Å². The number of nitrogens with zero attached hydrogens (tertiary/aromatic N) is 3. The van der Waals surface area contributed by atoms with E-state index in [0.29, 0.717) is 5.95 Å². The second-order valence-electron chi connectivity index (χ2n) is 4.70. The van der Waals surface area contributed by atoms with Crippen LogP contribution in [-0.4, -0.2) is 16.2 Å². The minimum Gasteiger partial charge on any atom is -0.245 e. The van der Waals surface area contributed by atoms with Crippen molar-refractivity contribution in [1.82, 2.24) is 9.97 Å². The second kappa shape index (κ2) is 5.61. The molecule has 0 aliphatic rings. The fourth-order valence-corrected chi connectivity index (χ4v) is 1.83. The molecule has 0 bridgehead atoms. The van der Waals surface area contributed by atoms with Crippen molar-refractivity contribution in [1.29, 1.82) is 0 Å². The molecule has 19 heavy (non-hydrogen) atoms. The molecule has 0 unspecified atom stereocenters. The molecule has 4 nitrogen and oxygen atoms in total. The molecule has 0 saturated carbocycles. The number of hydrogen-bond acceptors (Lipinski definition) is 4. The van der Waals surface area contributed by atoms with Crippen LogP contribution in [0.3, 0.4) is 0 Å². The lowest BCUT2D eigenvalue weighted by molar-refractivity contribution is 1.04. The molecule has 0 saturated heterocycles. The van der Waals surface area contributed by atoms with Crippen molar-refractivity contribution < 1.29 is 0 Å². The van der Waals surface area contributed by atoms with Gasteiger partial charge in [0.05, 0.1) is 6.21 Å². The van der Waals surface area contributed by atoms with Gasteiger partial charge in [0.25, 0.3) is 0 Å². The van der Waals surface area contributed by atoms with Crippen molar-refractivity contribution in [3.63, 3.8) is 0 Å². The molecule has 0 amide bonds. The molecule has 0 atom stereocenters. The predicted octanol–water partition coefficient (Wildman–Crippen LogP) is 3.16. The third-order valence-electron chi connectivity index (χ3n) is 2.79. The number of rotatable bonds is 3. The molecule has 4 heteroatoms. The van der Waals surface area contributed by atoms with Gasteiger partial charge < -0.3 is 0 Å². The average Bonchev–Trinajstić information content (AvgIpc) is 2.32. The first kappa shape index (κ1) is 13.2. The van der Waals surface area contributed by atoms with Crippen molar-refractivity contribution in [3.05, 3.63) is 52.3 Å². The number of benzene rings is 1. The van der Waals surface area contributed by atoms with E-state index in [4.69, 9.17) is 0 Å². The van der Waals surface area contributed by atoms with Gasteiger partial charge in [-0.05, 0) is 44.9 Å². The lowest BCUT2D eigenvalue weighted by Crippen LogP contribution is -2.00. The fourth-order valence-electron chi connectivity index (χ4n) is 1.83. The number of nitrogens with one attached hydrogen (secondary N) is 1. The molecular formula is C15H18N4. The molecule has 0 radical (unpaired) electrons. The summed E-state index contributed by atoms with van der Waals surface area (Å²) in [6.07, 6.45) is 1.80. The van der Waals surface area contributed by atoms with Gasteiger partial charge in [0.1, 0.15) is 0 Å². The molecule has 1 heterocycles. The fraction of sp³-hybridized carbons (Fsp3) is 0.267. The summed E-state index contributed by atoms with van der Waals surface area (Å²) >= 11 is 0. The zero-order valence-electron chi connectivity index (χ0n) is 11.7. The lowest BCUT2D eigenvalue weighted by atomic mass is 10.1. The Morgan fingerprint density at radius 1 is 1.00 bits per heavy atom. The topological polar surface area (TPSA) is 50.2 Å². The van der Waals surface area contributed by atoms with Gasteiger partial charge in [-0.2, -0.15) is 5.10 Å². The molecular weight excluding hydrogens is 236 g/mol. The first-order valence-corrected chi connectivity index (χ1v) is 6.23. The number of aryl methyl sites for hydroxylation is 4.